The fraction of sp³-hybridized carbons (Fsp3) is 0. The summed E-state index contributed by atoms with van der Waals surface area (Å²) >= 11 is 0. The molecule has 74 valence electrons. The van der Waals surface area contributed by atoms with Crippen LogP contribution in [-0.2, 0) is 23.6 Å². The van der Waals surface area contributed by atoms with Gasteiger partial charge in [0.05, 0.1) is 4.90 Å². The second-order valence-electron chi connectivity index (χ2n) is 2.03. The van der Waals surface area contributed by atoms with E-state index in [4.69, 9.17) is 0 Å². The molecule has 0 aliphatic carbocycles. The van der Waals surface area contributed by atoms with Crippen molar-refractivity contribution in [2.24, 2.45) is 0 Å². The zero-order valence-corrected chi connectivity index (χ0v) is 8.17. The Labute approximate surface area is 80.6 Å². The van der Waals surface area contributed by atoms with Gasteiger partial charge in [0.2, 0.25) is 0 Å². The van der Waals surface area contributed by atoms with E-state index in [1.54, 1.807) is 0 Å². The van der Waals surface area contributed by atoms with E-state index in [-0.39, 0.29) is 13.5 Å². The quantitative estimate of drug-likeness (QED) is 0.504. The molecule has 0 saturated heterocycles. The van der Waals surface area contributed by atoms with Crippen LogP contribution in [0.4, 0.5) is 8.78 Å². The molecule has 0 aliphatic heterocycles. The van der Waals surface area contributed by atoms with Crippen LogP contribution in [0.2, 0.25) is 0 Å². The van der Waals surface area contributed by atoms with Crippen LogP contribution in [0.15, 0.2) is 23.1 Å². The maximum Gasteiger partial charge on any atom is 0.143 e. The molecule has 7 heteroatoms. The molecule has 0 aromatic heterocycles. The molecule has 0 saturated carbocycles. The van der Waals surface area contributed by atoms with Crippen LogP contribution in [0.25, 0.3) is 0 Å². The Hall–Kier alpha value is -0.660. The van der Waals surface area contributed by atoms with Gasteiger partial charge in [-0.25, -0.2) is 17.2 Å². The van der Waals surface area contributed by atoms with Crippen molar-refractivity contribution in [2.75, 3.05) is 0 Å². The largest absolute Gasteiger partial charge is 0.744 e. The highest BCUT2D eigenvalue weighted by Gasteiger charge is 2.08. The SMILES string of the molecule is O=S(=O)([O-])c1ccc(F)cc1F.[SH3+]. The Bertz CT molecular complexity index is 402. The van der Waals surface area contributed by atoms with Crippen molar-refractivity contribution in [1.82, 2.24) is 0 Å². The molecule has 1 aromatic rings. The second-order valence-corrected chi connectivity index (χ2v) is 3.38. The zero-order chi connectivity index (χ0) is 9.35. The van der Waals surface area contributed by atoms with Crippen molar-refractivity contribution in [3.63, 3.8) is 0 Å². The summed E-state index contributed by atoms with van der Waals surface area (Å²) in [5.41, 5.74) is 0. The van der Waals surface area contributed by atoms with Crippen molar-refractivity contribution in [3.05, 3.63) is 29.8 Å². The van der Waals surface area contributed by atoms with Crippen LogP contribution in [0.5, 0.6) is 0 Å². The normalized spacial score (nSPS) is 10.7. The van der Waals surface area contributed by atoms with Gasteiger partial charge in [0, 0.05) is 6.07 Å². The lowest BCUT2D eigenvalue weighted by molar-refractivity contribution is 0.453. The van der Waals surface area contributed by atoms with E-state index in [1.165, 1.54) is 0 Å². The molecule has 1 rings (SSSR count). The third-order valence-electron chi connectivity index (χ3n) is 1.16. The average molecular weight is 228 g/mol. The average Bonchev–Trinajstić information content (AvgIpc) is 1.83. The molecule has 0 radical (unpaired) electrons. The van der Waals surface area contributed by atoms with E-state index in [0.29, 0.717) is 18.2 Å². The molecule has 0 aliphatic rings. The molecule has 0 spiro atoms. The lowest BCUT2D eigenvalue weighted by Gasteiger charge is -2.06. The summed E-state index contributed by atoms with van der Waals surface area (Å²) in [6.07, 6.45) is 0. The Morgan fingerprint density at radius 1 is 1.23 bits per heavy atom. The summed E-state index contributed by atoms with van der Waals surface area (Å²) in [5.74, 6) is -2.30. The maximum absolute atomic E-state index is 12.5. The molecule has 0 bridgehead atoms. The molecule has 1 aromatic carbocycles. The Morgan fingerprint density at radius 2 is 1.77 bits per heavy atom. The molecular weight excluding hydrogens is 222 g/mol. The zero-order valence-electron chi connectivity index (χ0n) is 6.20. The lowest BCUT2D eigenvalue weighted by Crippen LogP contribution is -2.01. The fourth-order valence-electron chi connectivity index (χ4n) is 0.678. The highest BCUT2D eigenvalue weighted by atomic mass is 32.2. The minimum Gasteiger partial charge on any atom is -0.744 e. The first kappa shape index (κ1) is 12.3. The number of hydrogen-bond donors (Lipinski definition) is 0. The molecule has 0 unspecified atom stereocenters. The summed E-state index contributed by atoms with van der Waals surface area (Å²) in [5, 5.41) is 0. The summed E-state index contributed by atoms with van der Waals surface area (Å²) < 4.78 is 55.5. The molecular formula is C6H6F2O3S2. The van der Waals surface area contributed by atoms with Gasteiger partial charge in [0.1, 0.15) is 21.8 Å². The summed E-state index contributed by atoms with van der Waals surface area (Å²) in [7, 11) is -4.84. The minimum absolute atomic E-state index is 0. The smallest absolute Gasteiger partial charge is 0.143 e. The third kappa shape index (κ3) is 2.94. The Balaban J connectivity index is 0.00000144. The number of hydrogen-bond acceptors (Lipinski definition) is 3. The van der Waals surface area contributed by atoms with E-state index < -0.39 is 26.6 Å². The molecule has 3 nitrogen and oxygen atoms in total. The molecule has 0 heterocycles. The monoisotopic (exact) mass is 228 g/mol. The van der Waals surface area contributed by atoms with Crippen molar-refractivity contribution < 1.29 is 21.8 Å². The standard InChI is InChI=1S/C6H4F2O3S.H2S/c7-4-1-2-6(5(8)3-4)12(9,10)11;/h1-3H,(H,9,10,11);1H2. The summed E-state index contributed by atoms with van der Waals surface area (Å²) in [6, 6.07) is 1.63. The van der Waals surface area contributed by atoms with E-state index in [1.807, 2.05) is 0 Å². The van der Waals surface area contributed by atoms with E-state index in [2.05, 4.69) is 0 Å². The van der Waals surface area contributed by atoms with Gasteiger partial charge in [-0.1, -0.05) is 13.5 Å². The predicted octanol–water partition coefficient (Wildman–Crippen LogP) is 0.0634. The number of rotatable bonds is 1. The Morgan fingerprint density at radius 3 is 2.15 bits per heavy atom. The van der Waals surface area contributed by atoms with Crippen molar-refractivity contribution in [3.8, 4) is 0 Å². The maximum atomic E-state index is 12.5. The summed E-state index contributed by atoms with van der Waals surface area (Å²) in [4.78, 5) is -1.04. The highest BCUT2D eigenvalue weighted by Crippen LogP contribution is 2.14. The van der Waals surface area contributed by atoms with Gasteiger partial charge in [0.15, 0.2) is 0 Å². The molecule has 13 heavy (non-hydrogen) atoms. The van der Waals surface area contributed by atoms with Gasteiger partial charge >= 0.3 is 0 Å². The Kier molecular flexibility index (Phi) is 3.83. The first-order chi connectivity index (χ1) is 5.41. The predicted molar refractivity (Wildman–Crippen MR) is 45.9 cm³/mol. The summed E-state index contributed by atoms with van der Waals surface area (Å²) in [6.45, 7) is 0. The van der Waals surface area contributed by atoms with Gasteiger partial charge in [-0.3, -0.25) is 0 Å². The van der Waals surface area contributed by atoms with Crippen LogP contribution < -0.4 is 0 Å². The number of halogens is 2. The third-order valence-corrected chi connectivity index (χ3v) is 2.03. The highest BCUT2D eigenvalue weighted by molar-refractivity contribution is 7.85. The molecule has 0 N–H and O–H groups in total. The van der Waals surface area contributed by atoms with Gasteiger partial charge in [-0.05, 0) is 12.1 Å². The lowest BCUT2D eigenvalue weighted by atomic mass is 10.3. The molecule has 0 fully saturated rings. The van der Waals surface area contributed by atoms with Crippen molar-refractivity contribution in [1.29, 1.82) is 0 Å². The van der Waals surface area contributed by atoms with Crippen LogP contribution in [0, 0.1) is 11.6 Å². The first-order valence-electron chi connectivity index (χ1n) is 2.82. The van der Waals surface area contributed by atoms with Crippen LogP contribution in [-0.4, -0.2) is 13.0 Å². The minimum atomic E-state index is -4.84. The molecule has 0 amide bonds. The van der Waals surface area contributed by atoms with E-state index >= 15 is 0 Å². The van der Waals surface area contributed by atoms with Gasteiger partial charge < -0.3 is 4.55 Å². The van der Waals surface area contributed by atoms with Gasteiger partial charge in [-0.15, -0.1) is 0 Å². The van der Waals surface area contributed by atoms with E-state index in [9.17, 15) is 21.8 Å². The van der Waals surface area contributed by atoms with Gasteiger partial charge in [-0.2, -0.15) is 0 Å². The first-order valence-corrected chi connectivity index (χ1v) is 4.23. The number of benzene rings is 1. The second kappa shape index (κ2) is 4.03. The van der Waals surface area contributed by atoms with Crippen LogP contribution in [0.1, 0.15) is 0 Å². The topological polar surface area (TPSA) is 57.2 Å². The van der Waals surface area contributed by atoms with E-state index in [0.717, 1.165) is 0 Å². The van der Waals surface area contributed by atoms with Crippen LogP contribution >= 0.6 is 0 Å². The van der Waals surface area contributed by atoms with Gasteiger partial charge in [0.25, 0.3) is 0 Å². The van der Waals surface area contributed by atoms with Crippen molar-refractivity contribution >= 4 is 23.6 Å². The van der Waals surface area contributed by atoms with Crippen LogP contribution in [0.3, 0.4) is 0 Å². The van der Waals surface area contributed by atoms with Crippen molar-refractivity contribution in [2.45, 2.75) is 4.90 Å². The molecule has 0 atom stereocenters. The fourth-order valence-corrected chi connectivity index (χ4v) is 1.21.